The van der Waals surface area contributed by atoms with E-state index in [1.807, 2.05) is 20.8 Å². The minimum absolute atomic E-state index is 0.152. The molecule has 0 aliphatic rings. The predicted octanol–water partition coefficient (Wildman–Crippen LogP) is 1.51. The Morgan fingerprint density at radius 3 is 2.29 bits per heavy atom. The lowest BCUT2D eigenvalue weighted by Gasteiger charge is -2.26. The molecule has 0 saturated heterocycles. The zero-order valence-corrected chi connectivity index (χ0v) is 13.0. The lowest BCUT2D eigenvalue weighted by atomic mass is 9.80. The van der Waals surface area contributed by atoms with Gasteiger partial charge in [0, 0.05) is 12.1 Å². The molecule has 1 rings (SSSR count). The van der Waals surface area contributed by atoms with Crippen LogP contribution in [0.2, 0.25) is 0 Å². The van der Waals surface area contributed by atoms with Gasteiger partial charge in [0.2, 0.25) is 0 Å². The number of ether oxygens (including phenoxy) is 1. The number of methoxy groups -OCH3 is 1. The molecule has 1 aromatic rings. The largest absolute Gasteiger partial charge is 0.496 e. The SMILES string of the molecule is CNCc1c(OC)c(C(N)=O)cc(C(C)(C)C)c1C(=O)O. The van der Waals surface area contributed by atoms with Crippen LogP contribution in [0.25, 0.3) is 0 Å². The summed E-state index contributed by atoms with van der Waals surface area (Å²) in [6.07, 6.45) is 0. The van der Waals surface area contributed by atoms with E-state index in [1.54, 1.807) is 7.05 Å². The average molecular weight is 294 g/mol. The quantitative estimate of drug-likeness (QED) is 0.764. The highest BCUT2D eigenvalue weighted by molar-refractivity contribution is 6.00. The predicted molar refractivity (Wildman–Crippen MR) is 79.9 cm³/mol. The first kappa shape index (κ1) is 17.0. The summed E-state index contributed by atoms with van der Waals surface area (Å²) in [5.74, 6) is -1.49. The van der Waals surface area contributed by atoms with Gasteiger partial charge >= 0.3 is 5.97 Å². The number of carbonyl (C=O) groups is 2. The first-order chi connectivity index (χ1) is 9.65. The zero-order valence-electron chi connectivity index (χ0n) is 13.0. The van der Waals surface area contributed by atoms with Crippen LogP contribution in [-0.2, 0) is 12.0 Å². The molecule has 0 fully saturated rings. The lowest BCUT2D eigenvalue weighted by molar-refractivity contribution is 0.0691. The molecule has 0 saturated carbocycles. The summed E-state index contributed by atoms with van der Waals surface area (Å²) in [5, 5.41) is 12.5. The molecule has 0 aromatic heterocycles. The number of benzene rings is 1. The van der Waals surface area contributed by atoms with E-state index in [4.69, 9.17) is 10.5 Å². The third-order valence-electron chi connectivity index (χ3n) is 3.22. The number of rotatable bonds is 5. The van der Waals surface area contributed by atoms with Crippen LogP contribution in [0.5, 0.6) is 5.75 Å². The van der Waals surface area contributed by atoms with Crippen molar-refractivity contribution in [2.45, 2.75) is 32.7 Å². The van der Waals surface area contributed by atoms with Gasteiger partial charge in [-0.05, 0) is 24.1 Å². The van der Waals surface area contributed by atoms with Crippen LogP contribution in [0.15, 0.2) is 6.07 Å². The number of nitrogens with one attached hydrogen (secondary N) is 1. The smallest absolute Gasteiger partial charge is 0.336 e. The molecule has 6 nitrogen and oxygen atoms in total. The fourth-order valence-corrected chi connectivity index (χ4v) is 2.32. The normalized spacial score (nSPS) is 11.3. The van der Waals surface area contributed by atoms with Gasteiger partial charge in [0.1, 0.15) is 5.75 Å². The molecule has 4 N–H and O–H groups in total. The van der Waals surface area contributed by atoms with Crippen molar-refractivity contribution in [3.8, 4) is 5.75 Å². The van der Waals surface area contributed by atoms with E-state index in [9.17, 15) is 14.7 Å². The van der Waals surface area contributed by atoms with E-state index in [1.165, 1.54) is 13.2 Å². The number of carboxylic acids is 1. The van der Waals surface area contributed by atoms with Crippen LogP contribution in [0.3, 0.4) is 0 Å². The highest BCUT2D eigenvalue weighted by atomic mass is 16.5. The summed E-state index contributed by atoms with van der Waals surface area (Å²) < 4.78 is 5.24. The number of amides is 1. The summed E-state index contributed by atoms with van der Waals surface area (Å²) in [4.78, 5) is 23.4. The lowest BCUT2D eigenvalue weighted by Crippen LogP contribution is -2.24. The Balaban J connectivity index is 3.89. The average Bonchev–Trinajstić information content (AvgIpc) is 2.35. The maximum Gasteiger partial charge on any atom is 0.336 e. The molecule has 21 heavy (non-hydrogen) atoms. The Morgan fingerprint density at radius 1 is 1.38 bits per heavy atom. The molecule has 0 atom stereocenters. The number of carbonyl (C=O) groups excluding carboxylic acids is 1. The van der Waals surface area contributed by atoms with E-state index in [0.717, 1.165) is 0 Å². The van der Waals surface area contributed by atoms with E-state index < -0.39 is 17.3 Å². The van der Waals surface area contributed by atoms with Gasteiger partial charge in [-0.3, -0.25) is 4.79 Å². The first-order valence-corrected chi connectivity index (χ1v) is 6.57. The third-order valence-corrected chi connectivity index (χ3v) is 3.22. The second-order valence-corrected chi connectivity index (χ2v) is 5.81. The molecule has 116 valence electrons. The Labute approximate surface area is 124 Å². The monoisotopic (exact) mass is 294 g/mol. The summed E-state index contributed by atoms with van der Waals surface area (Å²) >= 11 is 0. The van der Waals surface area contributed by atoms with Crippen LogP contribution in [0, 0.1) is 0 Å². The van der Waals surface area contributed by atoms with Gasteiger partial charge in [-0.15, -0.1) is 0 Å². The molecule has 0 aliphatic heterocycles. The summed E-state index contributed by atoms with van der Waals surface area (Å²) in [6.45, 7) is 5.91. The maximum absolute atomic E-state index is 11.7. The van der Waals surface area contributed by atoms with Crippen LogP contribution in [0.1, 0.15) is 52.6 Å². The van der Waals surface area contributed by atoms with E-state index >= 15 is 0 Å². The van der Waals surface area contributed by atoms with Gasteiger partial charge in [0.05, 0.1) is 18.2 Å². The van der Waals surface area contributed by atoms with Crippen molar-refractivity contribution < 1.29 is 19.4 Å². The van der Waals surface area contributed by atoms with Crippen molar-refractivity contribution in [3.63, 3.8) is 0 Å². The molecule has 0 aliphatic carbocycles. The molecule has 0 spiro atoms. The minimum Gasteiger partial charge on any atom is -0.496 e. The van der Waals surface area contributed by atoms with Crippen LogP contribution in [-0.4, -0.2) is 31.1 Å². The van der Waals surface area contributed by atoms with Crippen LogP contribution >= 0.6 is 0 Å². The topological polar surface area (TPSA) is 102 Å². The second kappa shape index (κ2) is 6.13. The number of hydrogen-bond acceptors (Lipinski definition) is 4. The van der Waals surface area contributed by atoms with E-state index in [-0.39, 0.29) is 23.4 Å². The van der Waals surface area contributed by atoms with Crippen molar-refractivity contribution in [2.24, 2.45) is 5.73 Å². The highest BCUT2D eigenvalue weighted by Gasteiger charge is 2.29. The Hall–Kier alpha value is -2.08. The number of primary amides is 1. The van der Waals surface area contributed by atoms with Gasteiger partial charge in [0.15, 0.2) is 0 Å². The summed E-state index contributed by atoms with van der Waals surface area (Å²) in [7, 11) is 3.09. The fraction of sp³-hybridized carbons (Fsp3) is 0.467. The summed E-state index contributed by atoms with van der Waals surface area (Å²) in [6, 6.07) is 1.52. The summed E-state index contributed by atoms with van der Waals surface area (Å²) in [5.41, 5.74) is 6.27. The van der Waals surface area contributed by atoms with Crippen LogP contribution in [0.4, 0.5) is 0 Å². The number of aromatic carboxylic acids is 1. The van der Waals surface area contributed by atoms with Crippen LogP contribution < -0.4 is 15.8 Å². The molecule has 1 amide bonds. The molecule has 0 heterocycles. The maximum atomic E-state index is 11.7. The van der Waals surface area contributed by atoms with Crippen molar-refractivity contribution in [1.82, 2.24) is 5.32 Å². The van der Waals surface area contributed by atoms with E-state index in [0.29, 0.717) is 11.1 Å². The first-order valence-electron chi connectivity index (χ1n) is 6.57. The third kappa shape index (κ3) is 3.33. The van der Waals surface area contributed by atoms with Gasteiger partial charge in [-0.25, -0.2) is 4.79 Å². The Kier molecular flexibility index (Phi) is 4.96. The van der Waals surface area contributed by atoms with E-state index in [2.05, 4.69) is 5.32 Å². The molecule has 0 radical (unpaired) electrons. The molecule has 6 heteroatoms. The van der Waals surface area contributed by atoms with Gasteiger partial charge in [0.25, 0.3) is 5.91 Å². The van der Waals surface area contributed by atoms with Gasteiger partial charge < -0.3 is 20.9 Å². The standard InChI is InChI=1S/C15H22N2O4/c1-15(2,3)10-6-8(13(16)18)12(21-5)9(7-17-4)11(10)14(19)20/h6,17H,7H2,1-5H3,(H2,16,18)(H,19,20). The van der Waals surface area contributed by atoms with Gasteiger partial charge in [-0.1, -0.05) is 20.8 Å². The molecule has 0 bridgehead atoms. The molecule has 1 aromatic carbocycles. The van der Waals surface area contributed by atoms with Crippen molar-refractivity contribution in [1.29, 1.82) is 0 Å². The molecule has 0 unspecified atom stereocenters. The Bertz CT molecular complexity index is 574. The van der Waals surface area contributed by atoms with Gasteiger partial charge in [-0.2, -0.15) is 0 Å². The fourth-order valence-electron chi connectivity index (χ4n) is 2.32. The number of hydrogen-bond donors (Lipinski definition) is 3. The number of carboxylic acid groups (broad SMARTS) is 1. The van der Waals surface area contributed by atoms with Crippen molar-refractivity contribution >= 4 is 11.9 Å². The zero-order chi connectivity index (χ0) is 16.4. The number of nitrogens with two attached hydrogens (primary N) is 1. The van der Waals surface area contributed by atoms with Crippen molar-refractivity contribution in [2.75, 3.05) is 14.2 Å². The minimum atomic E-state index is -1.06. The Morgan fingerprint density at radius 2 is 1.95 bits per heavy atom. The highest BCUT2D eigenvalue weighted by Crippen LogP contribution is 2.36. The van der Waals surface area contributed by atoms with Crippen molar-refractivity contribution in [3.05, 3.63) is 28.3 Å². The molecular weight excluding hydrogens is 272 g/mol. The molecular formula is C15H22N2O4. The second-order valence-electron chi connectivity index (χ2n) is 5.81.